The van der Waals surface area contributed by atoms with Gasteiger partial charge in [-0.15, -0.1) is 0 Å². The highest BCUT2D eigenvalue weighted by Crippen LogP contribution is 2.19. The molecule has 0 heterocycles. The minimum atomic E-state index is -0.578. The maximum absolute atomic E-state index is 13.0. The molecular formula is C20H23F2N5O. The van der Waals surface area contributed by atoms with E-state index in [1.54, 1.807) is 12.1 Å². The summed E-state index contributed by atoms with van der Waals surface area (Å²) in [5, 5.41) is 6.11. The maximum Gasteiger partial charge on any atom is 0.280 e. The summed E-state index contributed by atoms with van der Waals surface area (Å²) in [5.74, 6) is -1.01. The molecule has 148 valence electrons. The van der Waals surface area contributed by atoms with E-state index < -0.39 is 23.9 Å². The van der Waals surface area contributed by atoms with Crippen molar-refractivity contribution in [2.75, 3.05) is 0 Å². The molecule has 8 heteroatoms. The first-order valence-corrected chi connectivity index (χ1v) is 9.09. The second-order valence-corrected chi connectivity index (χ2v) is 6.84. The number of carbonyl (C=O) groups excluding carboxylic acids is 1. The van der Waals surface area contributed by atoms with Gasteiger partial charge in [0.25, 0.3) is 5.91 Å². The summed E-state index contributed by atoms with van der Waals surface area (Å²) in [6, 6.07) is 10.9. The second kappa shape index (κ2) is 8.90. The summed E-state index contributed by atoms with van der Waals surface area (Å²) in [6.45, 7) is 0. The van der Waals surface area contributed by atoms with Crippen LogP contribution < -0.4 is 22.1 Å². The predicted octanol–water partition coefficient (Wildman–Crippen LogP) is 2.18. The van der Waals surface area contributed by atoms with E-state index >= 15 is 0 Å². The van der Waals surface area contributed by atoms with E-state index in [4.69, 9.17) is 11.5 Å². The molecule has 2 atom stereocenters. The average Bonchev–Trinajstić information content (AvgIpc) is 3.46. The van der Waals surface area contributed by atoms with E-state index in [2.05, 4.69) is 15.6 Å². The van der Waals surface area contributed by atoms with Gasteiger partial charge in [-0.1, -0.05) is 12.1 Å². The zero-order chi connectivity index (χ0) is 20.1. The van der Waals surface area contributed by atoms with Gasteiger partial charge in [0.15, 0.2) is 0 Å². The molecule has 0 spiro atoms. The van der Waals surface area contributed by atoms with Crippen molar-refractivity contribution in [3.05, 3.63) is 71.3 Å². The third-order valence-corrected chi connectivity index (χ3v) is 4.35. The number of nitrogens with one attached hydrogen (secondary N) is 2. The molecule has 6 nitrogen and oxygen atoms in total. The largest absolute Gasteiger partial charge is 0.353 e. The normalized spacial score (nSPS) is 16.4. The molecule has 1 aliphatic carbocycles. The number of hydrogen-bond donors (Lipinski definition) is 4. The molecule has 2 aromatic rings. The molecule has 0 aliphatic heterocycles. The number of nitrogens with zero attached hydrogens (tertiary/aromatic N) is 1. The first-order chi connectivity index (χ1) is 13.4. The zero-order valence-corrected chi connectivity index (χ0v) is 15.2. The van der Waals surface area contributed by atoms with E-state index in [9.17, 15) is 13.6 Å². The van der Waals surface area contributed by atoms with Crippen molar-refractivity contribution >= 4 is 11.9 Å². The van der Waals surface area contributed by atoms with Crippen LogP contribution in [0, 0.1) is 11.6 Å². The van der Waals surface area contributed by atoms with Crippen molar-refractivity contribution in [3.8, 4) is 0 Å². The van der Waals surface area contributed by atoms with Crippen LogP contribution in [0.25, 0.3) is 0 Å². The summed E-state index contributed by atoms with van der Waals surface area (Å²) in [5.41, 5.74) is 13.3. The molecule has 6 N–H and O–H groups in total. The van der Waals surface area contributed by atoms with Crippen LogP contribution in [0.1, 0.15) is 41.2 Å². The van der Waals surface area contributed by atoms with Gasteiger partial charge in [-0.05, 0) is 61.2 Å². The molecule has 0 bridgehead atoms. The molecule has 1 amide bonds. The summed E-state index contributed by atoms with van der Waals surface area (Å²) in [4.78, 5) is 16.4. The van der Waals surface area contributed by atoms with Crippen LogP contribution in [0.15, 0.2) is 53.5 Å². The Kier molecular flexibility index (Phi) is 6.33. The SMILES string of the molecule is NC(CC(N)c1ccc(F)cc1)N/C(=N\C(=O)c1ccc(F)cc1)NC1CC1. The number of guanidine groups is 1. The van der Waals surface area contributed by atoms with Gasteiger partial charge in [-0.3, -0.25) is 4.79 Å². The van der Waals surface area contributed by atoms with Gasteiger partial charge in [0.1, 0.15) is 11.6 Å². The van der Waals surface area contributed by atoms with Crippen molar-refractivity contribution in [2.45, 2.75) is 37.5 Å². The highest BCUT2D eigenvalue weighted by atomic mass is 19.1. The van der Waals surface area contributed by atoms with E-state index in [0.29, 0.717) is 6.42 Å². The van der Waals surface area contributed by atoms with Crippen LogP contribution in [0.4, 0.5) is 8.78 Å². The fraction of sp³-hybridized carbons (Fsp3) is 0.300. The number of rotatable bonds is 6. The number of amides is 1. The number of nitrogens with two attached hydrogens (primary N) is 2. The van der Waals surface area contributed by atoms with Gasteiger partial charge in [0.2, 0.25) is 5.96 Å². The topological polar surface area (TPSA) is 106 Å². The Balaban J connectivity index is 1.64. The van der Waals surface area contributed by atoms with Gasteiger partial charge < -0.3 is 22.1 Å². The number of carbonyl (C=O) groups is 1. The predicted molar refractivity (Wildman–Crippen MR) is 103 cm³/mol. The molecule has 2 unspecified atom stereocenters. The van der Waals surface area contributed by atoms with Crippen LogP contribution in [0.2, 0.25) is 0 Å². The highest BCUT2D eigenvalue weighted by molar-refractivity contribution is 6.02. The molecular weight excluding hydrogens is 364 g/mol. The Bertz CT molecular complexity index is 835. The standard InChI is InChI=1S/C20H23F2N5O/c21-14-5-1-12(2-6-14)17(23)11-18(24)26-20(25-16-9-10-16)27-19(28)13-3-7-15(22)8-4-13/h1-8,16-18H,9-11,23-24H2,(H2,25,26,27,28). The summed E-state index contributed by atoms with van der Waals surface area (Å²) in [6.07, 6.45) is 1.74. The Morgan fingerprint density at radius 3 is 2.18 bits per heavy atom. The van der Waals surface area contributed by atoms with E-state index in [1.807, 2.05) is 0 Å². The van der Waals surface area contributed by atoms with Crippen molar-refractivity contribution in [1.82, 2.24) is 10.6 Å². The lowest BCUT2D eigenvalue weighted by Gasteiger charge is -2.21. The van der Waals surface area contributed by atoms with Gasteiger partial charge in [0, 0.05) is 17.6 Å². The van der Waals surface area contributed by atoms with Gasteiger partial charge in [-0.25, -0.2) is 8.78 Å². The fourth-order valence-corrected chi connectivity index (χ4v) is 2.64. The highest BCUT2D eigenvalue weighted by Gasteiger charge is 2.24. The minimum absolute atomic E-state index is 0.241. The lowest BCUT2D eigenvalue weighted by Crippen LogP contribution is -2.49. The van der Waals surface area contributed by atoms with Gasteiger partial charge in [0.05, 0.1) is 6.17 Å². The summed E-state index contributed by atoms with van der Waals surface area (Å²) < 4.78 is 26.1. The van der Waals surface area contributed by atoms with Crippen molar-refractivity contribution in [3.63, 3.8) is 0 Å². The molecule has 1 saturated carbocycles. The van der Waals surface area contributed by atoms with Gasteiger partial charge in [-0.2, -0.15) is 4.99 Å². The molecule has 1 fully saturated rings. The zero-order valence-electron chi connectivity index (χ0n) is 15.2. The van der Waals surface area contributed by atoms with Crippen LogP contribution in [-0.4, -0.2) is 24.1 Å². The Labute approximate surface area is 162 Å². The Morgan fingerprint density at radius 1 is 1.04 bits per heavy atom. The van der Waals surface area contributed by atoms with Crippen LogP contribution in [0.5, 0.6) is 0 Å². The number of aliphatic imine (C=N–C) groups is 1. The van der Waals surface area contributed by atoms with Crippen LogP contribution >= 0.6 is 0 Å². The molecule has 0 radical (unpaired) electrons. The fourth-order valence-electron chi connectivity index (χ4n) is 2.64. The molecule has 28 heavy (non-hydrogen) atoms. The minimum Gasteiger partial charge on any atom is -0.353 e. The average molecular weight is 387 g/mol. The van der Waals surface area contributed by atoms with Crippen molar-refractivity contribution < 1.29 is 13.6 Å². The van der Waals surface area contributed by atoms with Crippen LogP contribution in [0.3, 0.4) is 0 Å². The second-order valence-electron chi connectivity index (χ2n) is 6.84. The first kappa shape index (κ1) is 19.9. The quantitative estimate of drug-likeness (QED) is 0.345. The van der Waals surface area contributed by atoms with Crippen molar-refractivity contribution in [1.29, 1.82) is 0 Å². The number of benzene rings is 2. The third kappa shape index (κ3) is 5.83. The monoisotopic (exact) mass is 387 g/mol. The number of hydrogen-bond acceptors (Lipinski definition) is 3. The molecule has 2 aromatic carbocycles. The lowest BCUT2D eigenvalue weighted by atomic mass is 10.0. The van der Waals surface area contributed by atoms with E-state index in [-0.39, 0.29) is 23.4 Å². The molecule has 0 saturated heterocycles. The van der Waals surface area contributed by atoms with Crippen molar-refractivity contribution in [2.24, 2.45) is 16.5 Å². The van der Waals surface area contributed by atoms with E-state index in [1.165, 1.54) is 36.4 Å². The Hall–Kier alpha value is -2.84. The molecule has 0 aromatic heterocycles. The summed E-state index contributed by atoms with van der Waals surface area (Å²) in [7, 11) is 0. The third-order valence-electron chi connectivity index (χ3n) is 4.35. The summed E-state index contributed by atoms with van der Waals surface area (Å²) >= 11 is 0. The number of halogens is 2. The lowest BCUT2D eigenvalue weighted by molar-refractivity contribution is 0.100. The van der Waals surface area contributed by atoms with E-state index in [0.717, 1.165) is 18.4 Å². The van der Waals surface area contributed by atoms with Crippen LogP contribution in [-0.2, 0) is 0 Å². The maximum atomic E-state index is 13.0. The first-order valence-electron chi connectivity index (χ1n) is 9.09. The van der Waals surface area contributed by atoms with Gasteiger partial charge >= 0.3 is 0 Å². The smallest absolute Gasteiger partial charge is 0.280 e. The molecule has 3 rings (SSSR count). The molecule has 1 aliphatic rings. The Morgan fingerprint density at radius 2 is 1.61 bits per heavy atom.